The molecule has 1 saturated heterocycles. The van der Waals surface area contributed by atoms with Gasteiger partial charge in [-0.15, -0.1) is 0 Å². The minimum atomic E-state index is -1.41. The van der Waals surface area contributed by atoms with Crippen molar-refractivity contribution in [3.8, 4) is 0 Å². The third-order valence-electron chi connectivity index (χ3n) is 5.28. The number of aromatic nitrogens is 1. The lowest BCUT2D eigenvalue weighted by molar-refractivity contribution is 0.0695. The SMILES string of the molecule is CSC1CN(c2c(F)cc3c(=O)c(C(=O)O)cn(C4CC4)c3c2F)CC1N. The molecule has 3 N–H and O–H groups in total. The number of pyridine rings is 1. The van der Waals surface area contributed by atoms with E-state index in [0.29, 0.717) is 13.1 Å². The highest BCUT2D eigenvalue weighted by molar-refractivity contribution is 7.99. The number of carboxylic acids is 1. The number of halogens is 2. The quantitative estimate of drug-likeness (QED) is 0.825. The zero-order valence-corrected chi connectivity index (χ0v) is 15.4. The summed E-state index contributed by atoms with van der Waals surface area (Å²) in [6.07, 6.45) is 4.59. The summed E-state index contributed by atoms with van der Waals surface area (Å²) in [5.74, 6) is -3.12. The molecular formula is C18H19F2N3O3S. The first-order valence-corrected chi connectivity index (χ1v) is 9.95. The number of hydrogen-bond acceptors (Lipinski definition) is 5. The molecular weight excluding hydrogens is 376 g/mol. The molecule has 1 aliphatic heterocycles. The van der Waals surface area contributed by atoms with Crippen LogP contribution in [-0.2, 0) is 0 Å². The Kier molecular flexibility index (Phi) is 4.38. The van der Waals surface area contributed by atoms with Crippen molar-refractivity contribution in [3.05, 3.63) is 39.7 Å². The van der Waals surface area contributed by atoms with E-state index >= 15 is 4.39 Å². The first-order chi connectivity index (χ1) is 12.8. The van der Waals surface area contributed by atoms with Gasteiger partial charge in [-0.2, -0.15) is 11.8 Å². The molecule has 9 heteroatoms. The Hall–Kier alpha value is -2.13. The number of nitrogens with two attached hydrogens (primary N) is 1. The van der Waals surface area contributed by atoms with Crippen molar-refractivity contribution in [3.63, 3.8) is 0 Å². The van der Waals surface area contributed by atoms with Gasteiger partial charge in [0.15, 0.2) is 5.82 Å². The molecule has 0 amide bonds. The predicted molar refractivity (Wildman–Crippen MR) is 101 cm³/mol. The van der Waals surface area contributed by atoms with Crippen LogP contribution in [0.25, 0.3) is 10.9 Å². The summed E-state index contributed by atoms with van der Waals surface area (Å²) in [6.45, 7) is 0.717. The minimum Gasteiger partial charge on any atom is -0.477 e. The van der Waals surface area contributed by atoms with E-state index in [2.05, 4.69) is 0 Å². The number of carbonyl (C=O) groups is 1. The normalized spacial score (nSPS) is 22.6. The Morgan fingerprint density at radius 3 is 2.59 bits per heavy atom. The van der Waals surface area contributed by atoms with Gasteiger partial charge in [-0.05, 0) is 25.2 Å². The van der Waals surface area contributed by atoms with Crippen molar-refractivity contribution in [2.24, 2.45) is 5.73 Å². The van der Waals surface area contributed by atoms with E-state index in [-0.39, 0.29) is 33.9 Å². The first-order valence-electron chi connectivity index (χ1n) is 8.67. The zero-order chi connectivity index (χ0) is 19.5. The van der Waals surface area contributed by atoms with Crippen LogP contribution in [0.4, 0.5) is 14.5 Å². The zero-order valence-electron chi connectivity index (χ0n) is 14.6. The monoisotopic (exact) mass is 395 g/mol. The Labute approximate surface area is 157 Å². The fourth-order valence-electron chi connectivity index (χ4n) is 3.75. The maximum atomic E-state index is 15.5. The number of nitrogens with zero attached hydrogens (tertiary/aromatic N) is 2. The van der Waals surface area contributed by atoms with Crippen LogP contribution in [0.1, 0.15) is 29.2 Å². The molecule has 1 saturated carbocycles. The van der Waals surface area contributed by atoms with Crippen LogP contribution in [0.5, 0.6) is 0 Å². The fraction of sp³-hybridized carbons (Fsp3) is 0.444. The van der Waals surface area contributed by atoms with Gasteiger partial charge in [-0.1, -0.05) is 0 Å². The molecule has 27 heavy (non-hydrogen) atoms. The lowest BCUT2D eigenvalue weighted by Crippen LogP contribution is -2.31. The molecule has 2 unspecified atom stereocenters. The molecule has 2 aromatic rings. The van der Waals surface area contributed by atoms with Crippen molar-refractivity contribution < 1.29 is 18.7 Å². The van der Waals surface area contributed by atoms with E-state index in [4.69, 9.17) is 5.73 Å². The average molecular weight is 395 g/mol. The van der Waals surface area contributed by atoms with Crippen molar-refractivity contribution in [2.75, 3.05) is 24.2 Å². The van der Waals surface area contributed by atoms with E-state index in [1.807, 2.05) is 6.26 Å². The first kappa shape index (κ1) is 18.2. The molecule has 6 nitrogen and oxygen atoms in total. The van der Waals surface area contributed by atoms with Crippen LogP contribution in [0.15, 0.2) is 17.1 Å². The van der Waals surface area contributed by atoms with Gasteiger partial charge < -0.3 is 20.3 Å². The average Bonchev–Trinajstić information content (AvgIpc) is 3.38. The Bertz CT molecular complexity index is 1010. The van der Waals surface area contributed by atoms with E-state index in [1.165, 1.54) is 10.8 Å². The van der Waals surface area contributed by atoms with Crippen LogP contribution in [0.2, 0.25) is 0 Å². The molecule has 2 heterocycles. The van der Waals surface area contributed by atoms with Crippen LogP contribution >= 0.6 is 11.8 Å². The highest BCUT2D eigenvalue weighted by Gasteiger charge is 2.35. The third kappa shape index (κ3) is 2.89. The van der Waals surface area contributed by atoms with Crippen LogP contribution in [-0.4, -0.2) is 46.3 Å². The van der Waals surface area contributed by atoms with Gasteiger partial charge in [0.05, 0.1) is 10.9 Å². The van der Waals surface area contributed by atoms with Crippen molar-refractivity contribution in [2.45, 2.75) is 30.2 Å². The van der Waals surface area contributed by atoms with Crippen LogP contribution in [0, 0.1) is 11.6 Å². The summed E-state index contributed by atoms with van der Waals surface area (Å²) in [5, 5.41) is 9.09. The smallest absolute Gasteiger partial charge is 0.341 e. The highest BCUT2D eigenvalue weighted by Crippen LogP contribution is 2.40. The van der Waals surface area contributed by atoms with Crippen LogP contribution in [0.3, 0.4) is 0 Å². The molecule has 1 aromatic heterocycles. The Morgan fingerprint density at radius 2 is 2.04 bits per heavy atom. The second-order valence-corrected chi connectivity index (χ2v) is 8.15. The molecule has 4 rings (SSSR count). The number of fused-ring (bicyclic) bond motifs is 1. The summed E-state index contributed by atoms with van der Waals surface area (Å²) in [5.41, 5.74) is 4.47. The molecule has 2 fully saturated rings. The summed E-state index contributed by atoms with van der Waals surface area (Å²) in [4.78, 5) is 25.4. The predicted octanol–water partition coefficient (Wildman–Crippen LogP) is 2.19. The lowest BCUT2D eigenvalue weighted by Gasteiger charge is -2.22. The number of thioether (sulfide) groups is 1. The second-order valence-electron chi connectivity index (χ2n) is 7.08. The highest BCUT2D eigenvalue weighted by atomic mass is 32.2. The number of anilines is 1. The fourth-order valence-corrected chi connectivity index (χ4v) is 4.51. The lowest BCUT2D eigenvalue weighted by atomic mass is 10.1. The number of carboxylic acid groups (broad SMARTS) is 1. The van der Waals surface area contributed by atoms with E-state index in [0.717, 1.165) is 18.9 Å². The molecule has 1 aliphatic carbocycles. The number of aromatic carboxylic acids is 1. The van der Waals surface area contributed by atoms with Gasteiger partial charge in [0, 0.05) is 36.6 Å². The molecule has 2 aliphatic rings. The topological polar surface area (TPSA) is 88.6 Å². The standard InChI is InChI=1S/C18H19F2N3O3S/c1-27-13-7-22(6-12(13)21)16-11(19)4-9-15(14(16)20)23(8-2-3-8)5-10(17(9)24)18(25)26/h4-5,8,12-13H,2-3,6-7,21H2,1H3,(H,25,26). The van der Waals surface area contributed by atoms with Crippen molar-refractivity contribution >= 4 is 34.3 Å². The van der Waals surface area contributed by atoms with E-state index < -0.39 is 28.6 Å². The van der Waals surface area contributed by atoms with Crippen molar-refractivity contribution in [1.82, 2.24) is 4.57 Å². The van der Waals surface area contributed by atoms with Gasteiger partial charge in [0.2, 0.25) is 5.43 Å². The van der Waals surface area contributed by atoms with E-state index in [1.54, 1.807) is 16.7 Å². The van der Waals surface area contributed by atoms with Gasteiger partial charge in [-0.25, -0.2) is 13.6 Å². The number of benzene rings is 1. The molecule has 2 atom stereocenters. The Morgan fingerprint density at radius 1 is 1.33 bits per heavy atom. The second kappa shape index (κ2) is 6.49. The van der Waals surface area contributed by atoms with Gasteiger partial charge in [-0.3, -0.25) is 4.79 Å². The van der Waals surface area contributed by atoms with Gasteiger partial charge in [0.25, 0.3) is 0 Å². The molecule has 0 spiro atoms. The van der Waals surface area contributed by atoms with Gasteiger partial charge in [0.1, 0.15) is 17.1 Å². The van der Waals surface area contributed by atoms with E-state index in [9.17, 15) is 19.1 Å². The molecule has 0 bridgehead atoms. The number of hydrogen-bond donors (Lipinski definition) is 2. The largest absolute Gasteiger partial charge is 0.477 e. The Balaban J connectivity index is 1.96. The third-order valence-corrected chi connectivity index (χ3v) is 6.39. The summed E-state index contributed by atoms with van der Waals surface area (Å²) in [7, 11) is 0. The molecule has 144 valence electrons. The summed E-state index contributed by atoms with van der Waals surface area (Å²) >= 11 is 1.55. The molecule has 1 aromatic carbocycles. The maximum Gasteiger partial charge on any atom is 0.341 e. The number of rotatable bonds is 4. The van der Waals surface area contributed by atoms with Gasteiger partial charge >= 0.3 is 5.97 Å². The van der Waals surface area contributed by atoms with Crippen molar-refractivity contribution in [1.29, 1.82) is 0 Å². The van der Waals surface area contributed by atoms with Crippen LogP contribution < -0.4 is 16.1 Å². The maximum absolute atomic E-state index is 15.5. The molecule has 0 radical (unpaired) electrons. The summed E-state index contributed by atoms with van der Waals surface area (Å²) in [6, 6.07) is 0.660. The minimum absolute atomic E-state index is 0.0370. The summed E-state index contributed by atoms with van der Waals surface area (Å²) < 4.78 is 31.8.